The number of fused-ring (bicyclic) bond motifs is 3. The van der Waals surface area contributed by atoms with E-state index < -0.39 is 0 Å². The van der Waals surface area contributed by atoms with Crippen molar-refractivity contribution in [1.82, 2.24) is 19.6 Å². The van der Waals surface area contributed by atoms with Crippen LogP contribution in [0.3, 0.4) is 0 Å². The summed E-state index contributed by atoms with van der Waals surface area (Å²) in [6.45, 7) is 0.481. The predicted octanol–water partition coefficient (Wildman–Crippen LogP) is 5.18. The highest BCUT2D eigenvalue weighted by atomic mass is 35.5. The van der Waals surface area contributed by atoms with Gasteiger partial charge in [-0.25, -0.2) is 14.5 Å². The number of nitrogens with zero attached hydrogens (tertiary/aromatic N) is 4. The van der Waals surface area contributed by atoms with Crippen molar-refractivity contribution in [3.05, 3.63) is 89.7 Å². The quantitative estimate of drug-likeness (QED) is 0.427. The molecule has 0 unspecified atom stereocenters. The molecule has 0 saturated carbocycles. The Kier molecular flexibility index (Phi) is 4.14. The van der Waals surface area contributed by atoms with Crippen molar-refractivity contribution < 1.29 is 4.74 Å². The number of rotatable bonds is 4. The minimum absolute atomic E-state index is 0.481. The number of benzene rings is 3. The molecule has 0 fully saturated rings. The summed E-state index contributed by atoms with van der Waals surface area (Å²) < 4.78 is 7.50. The van der Waals surface area contributed by atoms with Crippen molar-refractivity contribution in [1.29, 1.82) is 0 Å². The van der Waals surface area contributed by atoms with Gasteiger partial charge in [0.1, 0.15) is 18.7 Å². The summed E-state index contributed by atoms with van der Waals surface area (Å²) in [5.74, 6) is 1.46. The Morgan fingerprint density at radius 1 is 0.893 bits per heavy atom. The van der Waals surface area contributed by atoms with Gasteiger partial charge >= 0.3 is 0 Å². The lowest BCUT2D eigenvalue weighted by Gasteiger charge is -2.06. The molecule has 0 saturated heterocycles. The third-order valence-electron chi connectivity index (χ3n) is 4.51. The van der Waals surface area contributed by atoms with Crippen molar-refractivity contribution in [3.63, 3.8) is 0 Å². The first-order chi connectivity index (χ1) is 13.8. The van der Waals surface area contributed by atoms with E-state index in [4.69, 9.17) is 21.3 Å². The van der Waals surface area contributed by atoms with E-state index in [0.717, 1.165) is 33.4 Å². The summed E-state index contributed by atoms with van der Waals surface area (Å²) >= 11 is 5.89. The van der Waals surface area contributed by atoms with Crippen LogP contribution in [-0.4, -0.2) is 19.6 Å². The summed E-state index contributed by atoms with van der Waals surface area (Å²) in [6, 6.07) is 23.3. The largest absolute Gasteiger partial charge is 0.489 e. The molecular formula is C22H15ClN4O. The van der Waals surface area contributed by atoms with Crippen LogP contribution in [0.4, 0.5) is 0 Å². The van der Waals surface area contributed by atoms with Gasteiger partial charge in [-0.3, -0.25) is 0 Å². The van der Waals surface area contributed by atoms with Crippen molar-refractivity contribution in [3.8, 4) is 17.1 Å². The third-order valence-corrected chi connectivity index (χ3v) is 4.77. The normalized spacial score (nSPS) is 11.2. The molecular weight excluding hydrogens is 372 g/mol. The molecule has 0 bridgehead atoms. The maximum atomic E-state index is 5.89. The Hall–Kier alpha value is -3.44. The highest BCUT2D eigenvalue weighted by Gasteiger charge is 2.10. The number of halogens is 1. The van der Waals surface area contributed by atoms with Crippen LogP contribution >= 0.6 is 11.6 Å². The fraction of sp³-hybridized carbons (Fsp3) is 0.0455. The van der Waals surface area contributed by atoms with Gasteiger partial charge in [0.15, 0.2) is 11.5 Å². The second-order valence-corrected chi connectivity index (χ2v) is 6.84. The molecule has 0 aliphatic rings. The maximum absolute atomic E-state index is 5.89. The van der Waals surface area contributed by atoms with Gasteiger partial charge in [0, 0.05) is 16.0 Å². The van der Waals surface area contributed by atoms with Crippen LogP contribution in [0.15, 0.2) is 79.1 Å². The topological polar surface area (TPSA) is 52.3 Å². The average Bonchev–Trinajstić information content (AvgIpc) is 3.19. The molecule has 0 aliphatic heterocycles. The molecule has 5 rings (SSSR count). The lowest BCUT2D eigenvalue weighted by atomic mass is 10.1. The van der Waals surface area contributed by atoms with Gasteiger partial charge in [-0.1, -0.05) is 48.0 Å². The molecule has 136 valence electrons. The molecule has 0 radical (unpaired) electrons. The molecule has 5 nitrogen and oxygen atoms in total. The molecule has 0 aliphatic carbocycles. The van der Waals surface area contributed by atoms with Gasteiger partial charge in [-0.15, -0.1) is 5.10 Å². The van der Waals surface area contributed by atoms with E-state index in [2.05, 4.69) is 10.1 Å². The first-order valence-corrected chi connectivity index (χ1v) is 9.22. The fourth-order valence-electron chi connectivity index (χ4n) is 3.05. The van der Waals surface area contributed by atoms with Crippen LogP contribution in [0, 0.1) is 0 Å². The van der Waals surface area contributed by atoms with E-state index in [0.29, 0.717) is 17.5 Å². The number of hydrogen-bond acceptors (Lipinski definition) is 4. The van der Waals surface area contributed by atoms with Crippen molar-refractivity contribution in [2.45, 2.75) is 6.61 Å². The number of hydrogen-bond donors (Lipinski definition) is 0. The zero-order valence-electron chi connectivity index (χ0n) is 14.8. The zero-order valence-corrected chi connectivity index (χ0v) is 15.5. The Bertz CT molecular complexity index is 1260. The van der Waals surface area contributed by atoms with Gasteiger partial charge in [0.05, 0.1) is 5.52 Å². The van der Waals surface area contributed by atoms with E-state index in [1.807, 2.05) is 72.8 Å². The summed E-state index contributed by atoms with van der Waals surface area (Å²) in [5, 5.41) is 6.24. The monoisotopic (exact) mass is 386 g/mol. The van der Waals surface area contributed by atoms with Gasteiger partial charge in [-0.05, 0) is 42.0 Å². The highest BCUT2D eigenvalue weighted by Crippen LogP contribution is 2.22. The Morgan fingerprint density at radius 3 is 2.50 bits per heavy atom. The van der Waals surface area contributed by atoms with Crippen molar-refractivity contribution in [2.24, 2.45) is 0 Å². The van der Waals surface area contributed by atoms with E-state index in [1.165, 1.54) is 0 Å². The second-order valence-electron chi connectivity index (χ2n) is 6.40. The summed E-state index contributed by atoms with van der Waals surface area (Å²) in [5.41, 5.74) is 3.72. The van der Waals surface area contributed by atoms with E-state index in [1.54, 1.807) is 10.8 Å². The first-order valence-electron chi connectivity index (χ1n) is 8.84. The summed E-state index contributed by atoms with van der Waals surface area (Å²) in [6.07, 6.45) is 1.70. The first kappa shape index (κ1) is 16.7. The number of para-hydroxylation sites is 1. The van der Waals surface area contributed by atoms with Crippen molar-refractivity contribution in [2.75, 3.05) is 0 Å². The minimum atomic E-state index is 0.481. The standard InChI is InChI=1S/C22H15ClN4O/c23-17-9-11-18(12-10-17)28-13-15-5-7-16(8-6-15)21-25-22-19-3-1-2-4-20(19)24-14-27(22)26-21/h1-12,14H,13H2. The van der Waals surface area contributed by atoms with Crippen LogP contribution in [-0.2, 0) is 6.61 Å². The Labute approximate surface area is 166 Å². The van der Waals surface area contributed by atoms with Gasteiger partial charge in [-0.2, -0.15) is 0 Å². The third kappa shape index (κ3) is 3.17. The summed E-state index contributed by atoms with van der Waals surface area (Å²) in [7, 11) is 0. The van der Waals surface area contributed by atoms with E-state index in [9.17, 15) is 0 Å². The molecule has 5 aromatic rings. The Balaban J connectivity index is 1.39. The molecule has 0 N–H and O–H groups in total. The molecule has 2 aromatic heterocycles. The van der Waals surface area contributed by atoms with Crippen LogP contribution in [0.1, 0.15) is 5.56 Å². The van der Waals surface area contributed by atoms with Gasteiger partial charge < -0.3 is 4.74 Å². The number of ether oxygens (including phenoxy) is 1. The summed E-state index contributed by atoms with van der Waals surface area (Å²) in [4.78, 5) is 9.14. The molecule has 28 heavy (non-hydrogen) atoms. The van der Waals surface area contributed by atoms with Crippen LogP contribution in [0.25, 0.3) is 27.9 Å². The minimum Gasteiger partial charge on any atom is -0.489 e. The van der Waals surface area contributed by atoms with E-state index >= 15 is 0 Å². The molecule has 0 spiro atoms. The van der Waals surface area contributed by atoms with Gasteiger partial charge in [0.25, 0.3) is 0 Å². The SMILES string of the molecule is Clc1ccc(OCc2ccc(-c3nc4c5ccccc5ncn4n3)cc2)cc1. The molecule has 0 atom stereocenters. The molecule has 0 amide bonds. The van der Waals surface area contributed by atoms with Crippen LogP contribution in [0.2, 0.25) is 5.02 Å². The van der Waals surface area contributed by atoms with Crippen molar-refractivity contribution >= 4 is 28.2 Å². The van der Waals surface area contributed by atoms with Gasteiger partial charge in [0.2, 0.25) is 0 Å². The molecule has 3 aromatic carbocycles. The predicted molar refractivity (Wildman–Crippen MR) is 110 cm³/mol. The highest BCUT2D eigenvalue weighted by molar-refractivity contribution is 6.30. The second kappa shape index (κ2) is 6.94. The zero-order chi connectivity index (χ0) is 18.9. The lowest BCUT2D eigenvalue weighted by molar-refractivity contribution is 0.306. The molecule has 2 heterocycles. The van der Waals surface area contributed by atoms with E-state index in [-0.39, 0.29) is 0 Å². The maximum Gasteiger partial charge on any atom is 0.182 e. The fourth-order valence-corrected chi connectivity index (χ4v) is 3.18. The van der Waals surface area contributed by atoms with Crippen LogP contribution < -0.4 is 4.74 Å². The lowest BCUT2D eigenvalue weighted by Crippen LogP contribution is -1.95. The Morgan fingerprint density at radius 2 is 1.68 bits per heavy atom. The number of aromatic nitrogens is 4. The van der Waals surface area contributed by atoms with Crippen LogP contribution in [0.5, 0.6) is 5.75 Å². The average molecular weight is 387 g/mol. The molecule has 6 heteroatoms. The smallest absolute Gasteiger partial charge is 0.182 e.